The minimum atomic E-state index is -0.444. The predicted molar refractivity (Wildman–Crippen MR) is 101 cm³/mol. The van der Waals surface area contributed by atoms with Gasteiger partial charge in [-0.3, -0.25) is 0 Å². The van der Waals surface area contributed by atoms with E-state index in [0.29, 0.717) is 17.0 Å². The Labute approximate surface area is 155 Å². The Morgan fingerprint density at radius 1 is 1.08 bits per heavy atom. The Balaban J connectivity index is 1.58. The summed E-state index contributed by atoms with van der Waals surface area (Å²) in [6, 6.07) is 14.5. The summed E-state index contributed by atoms with van der Waals surface area (Å²) in [6.07, 6.45) is 0. The molecule has 0 saturated carbocycles. The van der Waals surface area contributed by atoms with Crippen molar-refractivity contribution in [3.8, 4) is 11.5 Å². The van der Waals surface area contributed by atoms with Crippen molar-refractivity contribution in [1.29, 1.82) is 0 Å². The topological polar surface area (TPSA) is 69.7 Å². The van der Waals surface area contributed by atoms with Gasteiger partial charge >= 0.3 is 5.97 Å². The van der Waals surface area contributed by atoms with Crippen LogP contribution in [0.15, 0.2) is 53.9 Å². The molecule has 1 heterocycles. The second kappa shape index (κ2) is 8.35. The lowest BCUT2D eigenvalue weighted by molar-refractivity contribution is 0.0465. The zero-order chi connectivity index (χ0) is 18.4. The first-order valence-electron chi connectivity index (χ1n) is 7.85. The van der Waals surface area contributed by atoms with Crippen molar-refractivity contribution in [3.63, 3.8) is 0 Å². The molecule has 26 heavy (non-hydrogen) atoms. The number of para-hydroxylation sites is 1. The van der Waals surface area contributed by atoms with Gasteiger partial charge in [-0.25, -0.2) is 9.78 Å². The molecule has 0 fully saturated rings. The molecule has 1 aromatic heterocycles. The summed E-state index contributed by atoms with van der Waals surface area (Å²) in [5, 5.41) is 5.77. The molecule has 0 aliphatic heterocycles. The van der Waals surface area contributed by atoms with Gasteiger partial charge in [-0.05, 0) is 36.4 Å². The van der Waals surface area contributed by atoms with Crippen LogP contribution in [0, 0.1) is 0 Å². The maximum Gasteiger partial charge on any atom is 0.342 e. The van der Waals surface area contributed by atoms with E-state index in [1.54, 1.807) is 31.4 Å². The molecule has 3 aromatic rings. The number of rotatable bonds is 7. The number of nitrogens with zero attached hydrogens (tertiary/aromatic N) is 1. The quantitative estimate of drug-likeness (QED) is 0.627. The molecule has 0 spiro atoms. The maximum atomic E-state index is 12.2. The van der Waals surface area contributed by atoms with Crippen LogP contribution >= 0.6 is 11.3 Å². The molecule has 0 amide bonds. The van der Waals surface area contributed by atoms with Crippen molar-refractivity contribution >= 4 is 28.1 Å². The zero-order valence-electron chi connectivity index (χ0n) is 14.4. The summed E-state index contributed by atoms with van der Waals surface area (Å²) in [4.78, 5) is 16.6. The van der Waals surface area contributed by atoms with Gasteiger partial charge in [0.1, 0.15) is 23.7 Å². The highest BCUT2D eigenvalue weighted by Crippen LogP contribution is 2.24. The van der Waals surface area contributed by atoms with Crippen molar-refractivity contribution in [2.75, 3.05) is 19.5 Å². The number of hydrogen-bond donors (Lipinski definition) is 1. The fourth-order valence-electron chi connectivity index (χ4n) is 2.26. The molecular formula is C19H18N2O4S. The lowest BCUT2D eigenvalue weighted by Crippen LogP contribution is -2.07. The average Bonchev–Trinajstić information content (AvgIpc) is 3.14. The van der Waals surface area contributed by atoms with Crippen LogP contribution < -0.4 is 14.8 Å². The molecule has 0 atom stereocenters. The molecule has 1 N–H and O–H groups in total. The Kier molecular flexibility index (Phi) is 5.70. The lowest BCUT2D eigenvalue weighted by Gasteiger charge is -2.07. The number of carbonyl (C=O) groups excluding carboxylic acids is 1. The van der Waals surface area contributed by atoms with Crippen LogP contribution in [-0.2, 0) is 11.3 Å². The molecule has 0 aliphatic rings. The number of nitrogens with one attached hydrogen (secondary N) is 1. The number of thiazole rings is 1. The number of esters is 1. The number of ether oxygens (including phenoxy) is 3. The predicted octanol–water partition coefficient (Wildman–Crippen LogP) is 4.26. The van der Waals surface area contributed by atoms with Crippen LogP contribution in [0.4, 0.5) is 10.8 Å². The number of anilines is 2. The maximum absolute atomic E-state index is 12.2. The first-order valence-corrected chi connectivity index (χ1v) is 8.73. The van der Waals surface area contributed by atoms with Gasteiger partial charge in [-0.2, -0.15) is 0 Å². The van der Waals surface area contributed by atoms with Gasteiger partial charge in [0.05, 0.1) is 19.9 Å². The van der Waals surface area contributed by atoms with Crippen molar-refractivity contribution in [3.05, 3.63) is 65.2 Å². The van der Waals surface area contributed by atoms with E-state index in [1.807, 2.05) is 29.6 Å². The lowest BCUT2D eigenvalue weighted by atomic mass is 10.2. The highest BCUT2D eigenvalue weighted by Gasteiger charge is 2.14. The molecule has 7 heteroatoms. The van der Waals surface area contributed by atoms with Crippen LogP contribution in [0.25, 0.3) is 0 Å². The van der Waals surface area contributed by atoms with Gasteiger partial charge in [0.25, 0.3) is 0 Å². The molecule has 0 saturated heterocycles. The molecule has 3 rings (SSSR count). The second-order valence-corrected chi connectivity index (χ2v) is 6.13. The highest BCUT2D eigenvalue weighted by molar-refractivity contribution is 7.13. The van der Waals surface area contributed by atoms with Gasteiger partial charge in [0.15, 0.2) is 5.13 Å². The van der Waals surface area contributed by atoms with Crippen molar-refractivity contribution in [2.24, 2.45) is 0 Å². The van der Waals surface area contributed by atoms with Crippen molar-refractivity contribution in [1.82, 2.24) is 4.98 Å². The molecular weight excluding hydrogens is 352 g/mol. The molecule has 2 aromatic carbocycles. The van der Waals surface area contributed by atoms with Crippen LogP contribution in [0.2, 0.25) is 0 Å². The Morgan fingerprint density at radius 2 is 1.85 bits per heavy atom. The van der Waals surface area contributed by atoms with E-state index in [1.165, 1.54) is 18.4 Å². The monoisotopic (exact) mass is 370 g/mol. The highest BCUT2D eigenvalue weighted by atomic mass is 32.1. The third-order valence-corrected chi connectivity index (χ3v) is 4.38. The van der Waals surface area contributed by atoms with Crippen LogP contribution in [0.5, 0.6) is 11.5 Å². The van der Waals surface area contributed by atoms with E-state index >= 15 is 0 Å². The van der Waals surface area contributed by atoms with Gasteiger partial charge in [-0.1, -0.05) is 12.1 Å². The number of carbonyl (C=O) groups is 1. The van der Waals surface area contributed by atoms with Gasteiger partial charge in [0.2, 0.25) is 0 Å². The smallest absolute Gasteiger partial charge is 0.342 e. The molecule has 0 aliphatic carbocycles. The standard InChI is InChI=1S/C19H18N2O4S/c1-23-15-9-7-13(8-10-15)20-19-21-14(12-26-19)11-25-18(22)16-5-3-4-6-17(16)24-2/h3-10,12H,11H2,1-2H3,(H,20,21). The van der Waals surface area contributed by atoms with Gasteiger partial charge in [0, 0.05) is 11.1 Å². The number of aromatic nitrogens is 1. The summed E-state index contributed by atoms with van der Waals surface area (Å²) in [5.74, 6) is 0.830. The third kappa shape index (κ3) is 4.31. The molecule has 134 valence electrons. The summed E-state index contributed by atoms with van der Waals surface area (Å²) in [5.41, 5.74) is 1.97. The SMILES string of the molecule is COc1ccc(Nc2nc(COC(=O)c3ccccc3OC)cs2)cc1. The number of hydrogen-bond acceptors (Lipinski definition) is 7. The minimum absolute atomic E-state index is 0.0949. The van der Waals surface area contributed by atoms with Crippen LogP contribution in [-0.4, -0.2) is 25.2 Å². The Morgan fingerprint density at radius 3 is 2.58 bits per heavy atom. The first-order chi connectivity index (χ1) is 12.7. The van der Waals surface area contributed by atoms with Crippen LogP contribution in [0.3, 0.4) is 0 Å². The normalized spacial score (nSPS) is 10.2. The molecule has 6 nitrogen and oxygen atoms in total. The van der Waals surface area contributed by atoms with Crippen molar-refractivity contribution in [2.45, 2.75) is 6.61 Å². The van der Waals surface area contributed by atoms with Gasteiger partial charge in [-0.15, -0.1) is 11.3 Å². The fourth-order valence-corrected chi connectivity index (χ4v) is 2.97. The van der Waals surface area contributed by atoms with E-state index in [2.05, 4.69) is 10.3 Å². The molecule has 0 bridgehead atoms. The van der Waals surface area contributed by atoms with E-state index in [0.717, 1.165) is 16.6 Å². The van der Waals surface area contributed by atoms with E-state index < -0.39 is 5.97 Å². The third-order valence-electron chi connectivity index (χ3n) is 3.57. The minimum Gasteiger partial charge on any atom is -0.497 e. The van der Waals surface area contributed by atoms with Gasteiger partial charge < -0.3 is 19.5 Å². The summed E-state index contributed by atoms with van der Waals surface area (Å²) < 4.78 is 15.6. The number of methoxy groups -OCH3 is 2. The first kappa shape index (κ1) is 17.8. The Hall–Kier alpha value is -3.06. The summed E-state index contributed by atoms with van der Waals surface area (Å²) >= 11 is 1.44. The van der Waals surface area contributed by atoms with Crippen LogP contribution in [0.1, 0.15) is 16.1 Å². The van der Waals surface area contributed by atoms with E-state index in [4.69, 9.17) is 14.2 Å². The second-order valence-electron chi connectivity index (χ2n) is 5.27. The number of benzene rings is 2. The van der Waals surface area contributed by atoms with Crippen molar-refractivity contribution < 1.29 is 19.0 Å². The fraction of sp³-hybridized carbons (Fsp3) is 0.158. The molecule has 0 radical (unpaired) electrons. The zero-order valence-corrected chi connectivity index (χ0v) is 15.2. The Bertz CT molecular complexity index is 877. The largest absolute Gasteiger partial charge is 0.497 e. The van der Waals surface area contributed by atoms with E-state index in [-0.39, 0.29) is 6.61 Å². The summed E-state index contributed by atoms with van der Waals surface area (Å²) in [6.45, 7) is 0.0949. The van der Waals surface area contributed by atoms with E-state index in [9.17, 15) is 4.79 Å². The average molecular weight is 370 g/mol. The summed E-state index contributed by atoms with van der Waals surface area (Å²) in [7, 11) is 3.14. The molecule has 0 unspecified atom stereocenters.